The summed E-state index contributed by atoms with van der Waals surface area (Å²) >= 11 is 0. The normalized spacial score (nSPS) is 10.3. The molecule has 0 radical (unpaired) electrons. The van der Waals surface area contributed by atoms with Crippen LogP contribution in [0.4, 0.5) is 17.5 Å². The lowest BCUT2D eigenvalue weighted by molar-refractivity contribution is 0.414. The summed E-state index contributed by atoms with van der Waals surface area (Å²) in [5.41, 5.74) is 3.13. The number of hydrogen-bond acceptors (Lipinski definition) is 5. The van der Waals surface area contributed by atoms with Crippen molar-refractivity contribution in [1.82, 2.24) is 9.97 Å². The lowest BCUT2D eigenvalue weighted by Gasteiger charge is -2.13. The molecule has 0 saturated heterocycles. The third-order valence-electron chi connectivity index (χ3n) is 3.19. The molecule has 0 spiro atoms. The molecule has 0 amide bonds. The van der Waals surface area contributed by atoms with E-state index < -0.39 is 0 Å². The van der Waals surface area contributed by atoms with E-state index in [1.807, 2.05) is 38.2 Å². The van der Waals surface area contributed by atoms with Crippen LogP contribution in [0.15, 0.2) is 24.4 Å². The van der Waals surface area contributed by atoms with Gasteiger partial charge in [0.2, 0.25) is 5.95 Å². The van der Waals surface area contributed by atoms with E-state index >= 15 is 0 Å². The maximum atomic E-state index is 5.22. The highest BCUT2D eigenvalue weighted by molar-refractivity contribution is 5.64. The number of methoxy groups -OCH3 is 1. The molecule has 2 aromatic rings. The van der Waals surface area contributed by atoms with E-state index in [1.165, 1.54) is 0 Å². The fourth-order valence-corrected chi connectivity index (χ4v) is 1.92. The van der Waals surface area contributed by atoms with E-state index in [1.54, 1.807) is 7.11 Å². The molecule has 0 saturated carbocycles. The van der Waals surface area contributed by atoms with Crippen molar-refractivity contribution in [2.75, 3.05) is 24.3 Å². The van der Waals surface area contributed by atoms with Gasteiger partial charge in [-0.3, -0.25) is 0 Å². The number of ether oxygens (including phenoxy) is 1. The Kier molecular flexibility index (Phi) is 4.98. The molecule has 5 nitrogen and oxygen atoms in total. The third kappa shape index (κ3) is 3.84. The Bertz CT molecular complexity index is 613. The van der Waals surface area contributed by atoms with Crippen LogP contribution in [0.5, 0.6) is 5.75 Å². The lowest BCUT2D eigenvalue weighted by Crippen LogP contribution is -2.07. The molecule has 21 heavy (non-hydrogen) atoms. The summed E-state index contributed by atoms with van der Waals surface area (Å²) < 4.78 is 5.22. The Hall–Kier alpha value is -2.30. The Morgan fingerprint density at radius 3 is 2.67 bits per heavy atom. The molecule has 1 aromatic carbocycles. The zero-order valence-electron chi connectivity index (χ0n) is 13.0. The molecule has 5 heteroatoms. The highest BCUT2D eigenvalue weighted by atomic mass is 16.5. The predicted molar refractivity (Wildman–Crippen MR) is 86.6 cm³/mol. The Balaban J connectivity index is 2.22. The van der Waals surface area contributed by atoms with Crippen LogP contribution in [0.1, 0.15) is 24.5 Å². The monoisotopic (exact) mass is 286 g/mol. The third-order valence-corrected chi connectivity index (χ3v) is 3.19. The number of hydrogen-bond donors (Lipinski definition) is 2. The minimum absolute atomic E-state index is 0.649. The maximum Gasteiger partial charge on any atom is 0.224 e. The van der Waals surface area contributed by atoms with Crippen LogP contribution in [-0.4, -0.2) is 23.6 Å². The van der Waals surface area contributed by atoms with Gasteiger partial charge < -0.3 is 15.4 Å². The Morgan fingerprint density at radius 1 is 1.19 bits per heavy atom. The van der Waals surface area contributed by atoms with Gasteiger partial charge in [-0.2, -0.15) is 4.98 Å². The predicted octanol–water partition coefficient (Wildman–Crippen LogP) is 3.67. The van der Waals surface area contributed by atoms with E-state index in [4.69, 9.17) is 4.74 Å². The number of anilines is 3. The van der Waals surface area contributed by atoms with Gasteiger partial charge in [0.15, 0.2) is 0 Å². The quantitative estimate of drug-likeness (QED) is 0.848. The first kappa shape index (κ1) is 15.1. The number of aryl methyl sites for hydroxylation is 2. The molecule has 1 aromatic heterocycles. The second kappa shape index (κ2) is 6.92. The van der Waals surface area contributed by atoms with E-state index in [-0.39, 0.29) is 0 Å². The van der Waals surface area contributed by atoms with E-state index in [0.717, 1.165) is 41.3 Å². The number of benzene rings is 1. The summed E-state index contributed by atoms with van der Waals surface area (Å²) in [6.07, 6.45) is 2.86. The van der Waals surface area contributed by atoms with Gasteiger partial charge >= 0.3 is 0 Å². The highest BCUT2D eigenvalue weighted by Crippen LogP contribution is 2.25. The molecule has 1 heterocycles. The van der Waals surface area contributed by atoms with Gasteiger partial charge in [-0.25, -0.2) is 4.98 Å². The van der Waals surface area contributed by atoms with Gasteiger partial charge in [-0.1, -0.05) is 6.92 Å². The van der Waals surface area contributed by atoms with Crippen LogP contribution in [-0.2, 0) is 0 Å². The molecule has 2 N–H and O–H groups in total. The molecule has 112 valence electrons. The largest absolute Gasteiger partial charge is 0.497 e. The lowest BCUT2D eigenvalue weighted by atomic mass is 10.2. The Morgan fingerprint density at radius 2 is 2.00 bits per heavy atom. The summed E-state index contributed by atoms with van der Waals surface area (Å²) in [4.78, 5) is 8.81. The number of nitrogens with one attached hydrogen (secondary N) is 2. The van der Waals surface area contributed by atoms with Crippen LogP contribution >= 0.6 is 0 Å². The SMILES string of the molecule is CCCNc1ncc(C)c(Nc2ccc(OC)cc2C)n1. The van der Waals surface area contributed by atoms with Crippen LogP contribution in [0.25, 0.3) is 0 Å². The molecule has 0 bridgehead atoms. The van der Waals surface area contributed by atoms with Crippen molar-refractivity contribution in [1.29, 1.82) is 0 Å². The molecular formula is C16H22N4O. The van der Waals surface area contributed by atoms with Crippen LogP contribution in [0.3, 0.4) is 0 Å². The van der Waals surface area contributed by atoms with Crippen LogP contribution in [0, 0.1) is 13.8 Å². The molecule has 2 rings (SSSR count). The fourth-order valence-electron chi connectivity index (χ4n) is 1.92. The summed E-state index contributed by atoms with van der Waals surface area (Å²) in [7, 11) is 1.67. The van der Waals surface area contributed by atoms with Gasteiger partial charge in [0, 0.05) is 24.0 Å². The van der Waals surface area contributed by atoms with E-state index in [0.29, 0.717) is 5.95 Å². The zero-order valence-corrected chi connectivity index (χ0v) is 13.0. The molecule has 0 aliphatic rings. The topological polar surface area (TPSA) is 59.1 Å². The van der Waals surface area contributed by atoms with Crippen molar-refractivity contribution in [2.45, 2.75) is 27.2 Å². The second-order valence-electron chi connectivity index (χ2n) is 4.96. The van der Waals surface area contributed by atoms with Gasteiger partial charge in [-0.15, -0.1) is 0 Å². The minimum atomic E-state index is 0.649. The molecular weight excluding hydrogens is 264 g/mol. The van der Waals surface area contributed by atoms with Gasteiger partial charge in [-0.05, 0) is 44.0 Å². The van der Waals surface area contributed by atoms with Crippen molar-refractivity contribution < 1.29 is 4.74 Å². The number of aromatic nitrogens is 2. The Labute approximate surface area is 125 Å². The standard InChI is InChI=1S/C16H22N4O/c1-5-8-17-16-18-10-12(3)15(20-16)19-14-7-6-13(21-4)9-11(14)2/h6-7,9-10H,5,8H2,1-4H3,(H2,17,18,19,20). The maximum absolute atomic E-state index is 5.22. The molecule has 0 atom stereocenters. The van der Waals surface area contributed by atoms with Crippen molar-refractivity contribution in [3.63, 3.8) is 0 Å². The summed E-state index contributed by atoms with van der Waals surface area (Å²) in [6.45, 7) is 7.01. The summed E-state index contributed by atoms with van der Waals surface area (Å²) in [5.74, 6) is 2.32. The molecule has 0 fully saturated rings. The summed E-state index contributed by atoms with van der Waals surface area (Å²) in [5, 5.41) is 6.56. The highest BCUT2D eigenvalue weighted by Gasteiger charge is 2.06. The average molecular weight is 286 g/mol. The zero-order chi connectivity index (χ0) is 15.2. The van der Waals surface area contributed by atoms with Gasteiger partial charge in [0.25, 0.3) is 0 Å². The van der Waals surface area contributed by atoms with Crippen molar-refractivity contribution in [3.8, 4) is 5.75 Å². The van der Waals surface area contributed by atoms with E-state index in [9.17, 15) is 0 Å². The van der Waals surface area contributed by atoms with Crippen molar-refractivity contribution in [2.24, 2.45) is 0 Å². The van der Waals surface area contributed by atoms with Crippen molar-refractivity contribution in [3.05, 3.63) is 35.5 Å². The first-order chi connectivity index (χ1) is 10.1. The van der Waals surface area contributed by atoms with E-state index in [2.05, 4.69) is 27.5 Å². The first-order valence-electron chi connectivity index (χ1n) is 7.13. The fraction of sp³-hybridized carbons (Fsp3) is 0.375. The van der Waals surface area contributed by atoms with Crippen LogP contribution < -0.4 is 15.4 Å². The molecule has 0 aliphatic carbocycles. The van der Waals surface area contributed by atoms with Crippen LogP contribution in [0.2, 0.25) is 0 Å². The molecule has 0 unspecified atom stereocenters. The second-order valence-corrected chi connectivity index (χ2v) is 4.96. The molecule has 0 aliphatic heterocycles. The average Bonchev–Trinajstić information content (AvgIpc) is 2.49. The summed E-state index contributed by atoms with van der Waals surface area (Å²) in [6, 6.07) is 5.92. The van der Waals surface area contributed by atoms with Gasteiger partial charge in [0.05, 0.1) is 7.11 Å². The minimum Gasteiger partial charge on any atom is -0.497 e. The van der Waals surface area contributed by atoms with Gasteiger partial charge in [0.1, 0.15) is 11.6 Å². The van der Waals surface area contributed by atoms with Crippen molar-refractivity contribution >= 4 is 17.5 Å². The first-order valence-corrected chi connectivity index (χ1v) is 7.13. The number of nitrogens with zero attached hydrogens (tertiary/aromatic N) is 2. The number of rotatable bonds is 6. The smallest absolute Gasteiger partial charge is 0.224 e.